The Hall–Kier alpha value is -4.44. The summed E-state index contributed by atoms with van der Waals surface area (Å²) in [6, 6.07) is 21.7. The molecule has 0 aliphatic carbocycles. The maximum absolute atomic E-state index is 13.5. The molecular formula is C31H31N5O4S. The van der Waals surface area contributed by atoms with Crippen LogP contribution in [0.3, 0.4) is 0 Å². The van der Waals surface area contributed by atoms with Crippen molar-refractivity contribution in [2.75, 3.05) is 18.2 Å². The molecule has 2 heterocycles. The summed E-state index contributed by atoms with van der Waals surface area (Å²) in [6.07, 6.45) is -0.110. The summed E-state index contributed by atoms with van der Waals surface area (Å²) in [5.74, 6) is 0.695. The van der Waals surface area contributed by atoms with Crippen molar-refractivity contribution in [1.29, 1.82) is 0 Å². The van der Waals surface area contributed by atoms with Crippen molar-refractivity contribution in [3.63, 3.8) is 0 Å². The van der Waals surface area contributed by atoms with Gasteiger partial charge in [-0.1, -0.05) is 68.1 Å². The fraction of sp³-hybridized carbons (Fsp3) is 0.258. The third-order valence-electron chi connectivity index (χ3n) is 6.79. The Kier molecular flexibility index (Phi) is 8.49. The monoisotopic (exact) mass is 569 g/mol. The summed E-state index contributed by atoms with van der Waals surface area (Å²) in [6.45, 7) is 4.50. The van der Waals surface area contributed by atoms with Crippen LogP contribution >= 0.6 is 11.8 Å². The van der Waals surface area contributed by atoms with E-state index in [2.05, 4.69) is 34.5 Å². The molecule has 0 bridgehead atoms. The van der Waals surface area contributed by atoms with Gasteiger partial charge in [0.25, 0.3) is 5.91 Å². The van der Waals surface area contributed by atoms with Crippen molar-refractivity contribution < 1.29 is 19.1 Å². The number of anilines is 1. The van der Waals surface area contributed by atoms with Gasteiger partial charge in [-0.25, -0.2) is 9.89 Å². The lowest BCUT2D eigenvalue weighted by atomic mass is 10.0. The fourth-order valence-corrected chi connectivity index (χ4v) is 5.40. The standard InChI is InChI=1S/C31H31N5O4S/c1-19(2)20-12-14-22(15-13-20)33-28(38)18-41-31-35-24-10-6-5-9-23(24)29-34-25(30(39)36(29)31)16-27(37)32-17-21-8-4-7-11-26(21)40-3/h4-15,19,25H,16-18H2,1-3H3,(H,32,37)(H,33,38)/t25-/m0/s1. The molecule has 0 fully saturated rings. The number of methoxy groups -OCH3 is 1. The largest absolute Gasteiger partial charge is 0.496 e. The highest BCUT2D eigenvalue weighted by Crippen LogP contribution is 2.34. The van der Waals surface area contributed by atoms with E-state index in [1.165, 1.54) is 10.5 Å². The van der Waals surface area contributed by atoms with Gasteiger partial charge >= 0.3 is 0 Å². The van der Waals surface area contributed by atoms with Crippen molar-refractivity contribution in [3.05, 3.63) is 89.5 Å². The van der Waals surface area contributed by atoms with Crippen molar-refractivity contribution in [3.8, 4) is 5.75 Å². The number of nitrogens with one attached hydrogen (secondary N) is 2. The van der Waals surface area contributed by atoms with Gasteiger partial charge in [-0.2, -0.15) is 0 Å². The maximum Gasteiger partial charge on any atom is 0.259 e. The van der Waals surface area contributed by atoms with Crippen LogP contribution in [0.4, 0.5) is 11.4 Å². The number of rotatable bonds is 9. The van der Waals surface area contributed by atoms with E-state index in [9.17, 15) is 14.4 Å². The molecule has 2 aliphatic heterocycles. The van der Waals surface area contributed by atoms with Crippen molar-refractivity contribution in [2.45, 2.75) is 38.8 Å². The van der Waals surface area contributed by atoms with Gasteiger partial charge in [0.05, 0.1) is 25.0 Å². The number of thioether (sulfide) groups is 1. The summed E-state index contributed by atoms with van der Waals surface area (Å²) >= 11 is 1.16. The van der Waals surface area contributed by atoms with Crippen LogP contribution in [0.25, 0.3) is 0 Å². The van der Waals surface area contributed by atoms with Crippen LogP contribution in [0.15, 0.2) is 82.8 Å². The van der Waals surface area contributed by atoms with Gasteiger partial charge in [0.2, 0.25) is 11.8 Å². The number of benzene rings is 3. The molecule has 0 spiro atoms. The smallest absolute Gasteiger partial charge is 0.259 e. The van der Waals surface area contributed by atoms with Gasteiger partial charge in [-0.05, 0) is 41.8 Å². The number of para-hydroxylation sites is 2. The summed E-state index contributed by atoms with van der Waals surface area (Å²) in [7, 11) is 1.58. The van der Waals surface area contributed by atoms with Crippen LogP contribution in [0.5, 0.6) is 5.75 Å². The highest BCUT2D eigenvalue weighted by molar-refractivity contribution is 8.14. The molecule has 10 heteroatoms. The van der Waals surface area contributed by atoms with Gasteiger partial charge < -0.3 is 15.4 Å². The Morgan fingerprint density at radius 1 is 1.00 bits per heavy atom. The van der Waals surface area contributed by atoms with Crippen LogP contribution in [-0.4, -0.2) is 52.5 Å². The molecule has 41 heavy (non-hydrogen) atoms. The van der Waals surface area contributed by atoms with Gasteiger partial charge in [0, 0.05) is 23.4 Å². The van der Waals surface area contributed by atoms with Gasteiger partial charge in [0.15, 0.2) is 5.17 Å². The lowest BCUT2D eigenvalue weighted by Gasteiger charge is -2.25. The van der Waals surface area contributed by atoms with E-state index in [0.717, 1.165) is 17.3 Å². The SMILES string of the molecule is COc1ccccc1CNC(=O)C[C@@H]1N=C2c3ccccc3N=C(SCC(=O)Nc3ccc(C(C)C)cc3)N2C1=O. The fourth-order valence-electron chi connectivity index (χ4n) is 4.60. The first-order valence-corrected chi connectivity index (χ1v) is 14.3. The molecule has 0 saturated carbocycles. The molecule has 3 aromatic carbocycles. The van der Waals surface area contributed by atoms with E-state index in [-0.39, 0.29) is 36.4 Å². The minimum absolute atomic E-state index is 0.0497. The summed E-state index contributed by atoms with van der Waals surface area (Å²) in [5, 5.41) is 6.11. The van der Waals surface area contributed by atoms with Crippen LogP contribution in [0.1, 0.15) is 42.9 Å². The van der Waals surface area contributed by atoms with Crippen molar-refractivity contribution >= 4 is 51.9 Å². The molecule has 2 aliphatic rings. The van der Waals surface area contributed by atoms with E-state index in [0.29, 0.717) is 39.6 Å². The predicted molar refractivity (Wildman–Crippen MR) is 162 cm³/mol. The second-order valence-electron chi connectivity index (χ2n) is 9.96. The van der Waals surface area contributed by atoms with E-state index < -0.39 is 6.04 Å². The van der Waals surface area contributed by atoms with Crippen LogP contribution in [-0.2, 0) is 20.9 Å². The van der Waals surface area contributed by atoms with Gasteiger partial charge in [-0.15, -0.1) is 0 Å². The molecule has 2 N–H and O–H groups in total. The number of fused-ring (bicyclic) bond motifs is 3. The van der Waals surface area contributed by atoms with Crippen LogP contribution in [0.2, 0.25) is 0 Å². The molecule has 9 nitrogen and oxygen atoms in total. The zero-order chi connectivity index (χ0) is 28.9. The Balaban J connectivity index is 1.26. The molecule has 1 atom stereocenters. The van der Waals surface area contributed by atoms with Crippen LogP contribution in [0, 0.1) is 0 Å². The van der Waals surface area contributed by atoms with E-state index >= 15 is 0 Å². The molecule has 3 aromatic rings. The molecule has 0 saturated heterocycles. The second-order valence-corrected chi connectivity index (χ2v) is 10.9. The second kappa shape index (κ2) is 12.4. The average Bonchev–Trinajstić information content (AvgIpc) is 3.31. The maximum atomic E-state index is 13.5. The van der Waals surface area contributed by atoms with E-state index in [1.807, 2.05) is 72.8 Å². The molecule has 0 aromatic heterocycles. The molecule has 0 unspecified atom stereocenters. The first-order valence-electron chi connectivity index (χ1n) is 13.3. The normalized spacial score (nSPS) is 15.6. The number of amidine groups is 2. The number of carbonyl (C=O) groups is 3. The lowest BCUT2D eigenvalue weighted by molar-refractivity contribution is -0.128. The molecule has 210 valence electrons. The third-order valence-corrected chi connectivity index (χ3v) is 7.73. The lowest BCUT2D eigenvalue weighted by Crippen LogP contribution is -2.42. The highest BCUT2D eigenvalue weighted by Gasteiger charge is 2.42. The minimum Gasteiger partial charge on any atom is -0.496 e. The molecule has 5 rings (SSSR count). The number of hydrogen-bond acceptors (Lipinski definition) is 7. The van der Waals surface area contributed by atoms with E-state index in [1.54, 1.807) is 7.11 Å². The topological polar surface area (TPSA) is 112 Å². The number of ether oxygens (including phenoxy) is 1. The molecule has 3 amide bonds. The van der Waals surface area contributed by atoms with Crippen molar-refractivity contribution in [1.82, 2.24) is 10.2 Å². The Bertz CT molecular complexity index is 1530. The quantitative estimate of drug-likeness (QED) is 0.382. The third kappa shape index (κ3) is 6.33. The first-order chi connectivity index (χ1) is 19.8. The Morgan fingerprint density at radius 2 is 1.73 bits per heavy atom. The summed E-state index contributed by atoms with van der Waals surface area (Å²) < 4.78 is 5.35. The molecular weight excluding hydrogens is 538 g/mol. The number of carbonyl (C=O) groups excluding carboxylic acids is 3. The Morgan fingerprint density at radius 3 is 2.49 bits per heavy atom. The summed E-state index contributed by atoms with van der Waals surface area (Å²) in [5.41, 5.74) is 4.09. The van der Waals surface area contributed by atoms with Gasteiger partial charge in [-0.3, -0.25) is 19.4 Å². The first kappa shape index (κ1) is 28.1. The minimum atomic E-state index is -0.895. The number of aliphatic imine (C=N–C) groups is 2. The number of hydrogen-bond donors (Lipinski definition) is 2. The molecule has 0 radical (unpaired) electrons. The number of amides is 3. The number of nitrogens with zero attached hydrogens (tertiary/aromatic N) is 3. The average molecular weight is 570 g/mol. The predicted octanol–water partition coefficient (Wildman–Crippen LogP) is 4.86. The Labute approximate surface area is 243 Å². The van der Waals surface area contributed by atoms with E-state index in [4.69, 9.17) is 4.74 Å². The van der Waals surface area contributed by atoms with Crippen LogP contribution < -0.4 is 15.4 Å². The zero-order valence-electron chi connectivity index (χ0n) is 23.1. The highest BCUT2D eigenvalue weighted by atomic mass is 32.2. The van der Waals surface area contributed by atoms with Gasteiger partial charge in [0.1, 0.15) is 17.6 Å². The zero-order valence-corrected chi connectivity index (χ0v) is 23.9. The van der Waals surface area contributed by atoms with Crippen molar-refractivity contribution in [2.24, 2.45) is 9.98 Å². The summed E-state index contributed by atoms with van der Waals surface area (Å²) in [4.78, 5) is 49.8.